The molecule has 0 aromatic heterocycles. The number of rotatable bonds is 3. The van der Waals surface area contributed by atoms with Crippen LogP contribution in [0.1, 0.15) is 6.92 Å². The molecule has 0 aromatic rings. The van der Waals surface area contributed by atoms with Crippen LogP contribution in [0.15, 0.2) is 0 Å². The molecule has 0 aromatic carbocycles. The summed E-state index contributed by atoms with van der Waals surface area (Å²) >= 11 is 0. The summed E-state index contributed by atoms with van der Waals surface area (Å²) < 4.78 is 0. The number of piperazine rings is 1. The van der Waals surface area contributed by atoms with Crippen LogP contribution in [0.3, 0.4) is 0 Å². The van der Waals surface area contributed by atoms with Crippen LogP contribution < -0.4 is 0 Å². The Bertz CT molecular complexity index is 164. The molecule has 0 spiro atoms. The minimum Gasteiger partial charge on any atom is -0.664 e. The lowest BCUT2D eigenvalue weighted by atomic mass is 10.3. The molecule has 13 heavy (non-hydrogen) atoms. The second-order valence-corrected chi connectivity index (χ2v) is 3.39. The molecule has 0 atom stereocenters. The molecule has 0 aliphatic carbocycles. The Morgan fingerprint density at radius 3 is 2.38 bits per heavy atom. The van der Waals surface area contributed by atoms with Gasteiger partial charge in [0.2, 0.25) is 5.91 Å². The summed E-state index contributed by atoms with van der Waals surface area (Å²) in [6.45, 7) is 7.31. The summed E-state index contributed by atoms with van der Waals surface area (Å²) in [5.74, 6) is 0.194. The van der Waals surface area contributed by atoms with Gasteiger partial charge in [0.15, 0.2) is 0 Å². The van der Waals surface area contributed by atoms with Gasteiger partial charge in [0.05, 0.1) is 0 Å². The minimum absolute atomic E-state index is 0.194. The Hall–Kier alpha value is -0.610. The lowest BCUT2D eigenvalue weighted by molar-refractivity contribution is -0.130. The Balaban J connectivity index is 2.18. The summed E-state index contributed by atoms with van der Waals surface area (Å²) in [4.78, 5) is 15.3. The molecule has 0 bridgehead atoms. The topological polar surface area (TPSA) is 37.7 Å². The molecule has 1 saturated heterocycles. The number of hydrogen-bond donors (Lipinski definition) is 0. The van der Waals surface area contributed by atoms with Crippen molar-refractivity contribution >= 4 is 5.91 Å². The van der Waals surface area contributed by atoms with E-state index in [0.717, 1.165) is 39.3 Å². The molecule has 1 heterocycles. The van der Waals surface area contributed by atoms with E-state index < -0.39 is 0 Å². The summed E-state index contributed by atoms with van der Waals surface area (Å²) in [5.41, 5.74) is 0. The first-order valence-electron chi connectivity index (χ1n) is 4.77. The third kappa shape index (κ3) is 3.32. The summed E-state index contributed by atoms with van der Waals surface area (Å²) in [5, 5.41) is 4.06. The molecule has 1 fully saturated rings. The van der Waals surface area contributed by atoms with Crippen LogP contribution in [0.2, 0.25) is 0 Å². The van der Waals surface area contributed by atoms with Crippen molar-refractivity contribution in [3.63, 3.8) is 0 Å². The van der Waals surface area contributed by atoms with Crippen LogP contribution in [0, 0.1) is 0 Å². The highest BCUT2D eigenvalue weighted by atomic mass is 16.2. The van der Waals surface area contributed by atoms with E-state index in [1.165, 1.54) is 0 Å². The van der Waals surface area contributed by atoms with Gasteiger partial charge >= 0.3 is 0 Å². The van der Waals surface area contributed by atoms with Crippen LogP contribution in [0.4, 0.5) is 0 Å². The first kappa shape index (κ1) is 10.5. The van der Waals surface area contributed by atoms with Gasteiger partial charge in [0.25, 0.3) is 0 Å². The van der Waals surface area contributed by atoms with E-state index in [0.29, 0.717) is 0 Å². The largest absolute Gasteiger partial charge is 0.664 e. The van der Waals surface area contributed by atoms with Crippen molar-refractivity contribution < 1.29 is 4.79 Å². The van der Waals surface area contributed by atoms with Crippen LogP contribution in [0.25, 0.3) is 5.32 Å². The fourth-order valence-electron chi connectivity index (χ4n) is 1.53. The highest BCUT2D eigenvalue weighted by Crippen LogP contribution is 2.01. The standard InChI is InChI=1S/C9H18N3O/c1-9(13)12-7-5-11(6-8-12)4-3-10-2/h3-8H2,1-2H3/q-1. The summed E-state index contributed by atoms with van der Waals surface area (Å²) in [6, 6.07) is 0. The van der Waals surface area contributed by atoms with Crippen molar-refractivity contribution in [2.75, 3.05) is 46.3 Å². The van der Waals surface area contributed by atoms with E-state index in [-0.39, 0.29) is 5.91 Å². The van der Waals surface area contributed by atoms with Gasteiger partial charge < -0.3 is 15.1 Å². The van der Waals surface area contributed by atoms with E-state index in [1.807, 2.05) is 11.9 Å². The third-order valence-corrected chi connectivity index (χ3v) is 2.46. The Labute approximate surface area is 79.9 Å². The zero-order chi connectivity index (χ0) is 9.68. The first-order chi connectivity index (χ1) is 6.24. The van der Waals surface area contributed by atoms with Crippen molar-refractivity contribution in [2.45, 2.75) is 6.92 Å². The first-order valence-corrected chi connectivity index (χ1v) is 4.77. The van der Waals surface area contributed by atoms with Crippen molar-refractivity contribution in [2.24, 2.45) is 0 Å². The van der Waals surface area contributed by atoms with Crippen LogP contribution in [-0.2, 0) is 4.79 Å². The predicted octanol–water partition coefficient (Wildman–Crippen LogP) is 0.154. The van der Waals surface area contributed by atoms with E-state index in [9.17, 15) is 4.79 Å². The van der Waals surface area contributed by atoms with Crippen molar-refractivity contribution in [1.82, 2.24) is 9.80 Å². The molecule has 0 saturated carbocycles. The van der Waals surface area contributed by atoms with E-state index in [1.54, 1.807) is 6.92 Å². The van der Waals surface area contributed by atoms with Gasteiger partial charge in [-0.05, 0) is 6.54 Å². The zero-order valence-electron chi connectivity index (χ0n) is 8.49. The quantitative estimate of drug-likeness (QED) is 0.626. The number of nitrogens with zero attached hydrogens (tertiary/aromatic N) is 3. The highest BCUT2D eigenvalue weighted by Gasteiger charge is 2.16. The second kappa shape index (κ2) is 5.19. The van der Waals surface area contributed by atoms with E-state index >= 15 is 0 Å². The highest BCUT2D eigenvalue weighted by molar-refractivity contribution is 5.73. The van der Waals surface area contributed by atoms with Gasteiger partial charge in [-0.25, -0.2) is 0 Å². The molecule has 1 aliphatic rings. The molecular formula is C9H18N3O-. The maximum absolute atomic E-state index is 11.0. The van der Waals surface area contributed by atoms with Crippen LogP contribution in [0.5, 0.6) is 0 Å². The number of hydrogen-bond acceptors (Lipinski definition) is 2. The van der Waals surface area contributed by atoms with Crippen LogP contribution >= 0.6 is 0 Å². The van der Waals surface area contributed by atoms with Crippen LogP contribution in [-0.4, -0.2) is 62.0 Å². The fourth-order valence-corrected chi connectivity index (χ4v) is 1.53. The monoisotopic (exact) mass is 184 g/mol. The average molecular weight is 184 g/mol. The van der Waals surface area contributed by atoms with Gasteiger partial charge in [-0.15, -0.1) is 6.54 Å². The molecule has 0 radical (unpaired) electrons. The van der Waals surface area contributed by atoms with Gasteiger partial charge in [0, 0.05) is 33.1 Å². The molecule has 1 amide bonds. The van der Waals surface area contributed by atoms with E-state index in [2.05, 4.69) is 10.2 Å². The lowest BCUT2D eigenvalue weighted by Crippen LogP contribution is -2.48. The lowest BCUT2D eigenvalue weighted by Gasteiger charge is -2.35. The van der Waals surface area contributed by atoms with Gasteiger partial charge in [-0.2, -0.15) is 7.05 Å². The van der Waals surface area contributed by atoms with Crippen molar-refractivity contribution in [1.29, 1.82) is 0 Å². The SMILES string of the molecule is C[N-]CCN1CCN(C(C)=O)CC1. The molecule has 4 nitrogen and oxygen atoms in total. The minimum atomic E-state index is 0.194. The van der Waals surface area contributed by atoms with E-state index in [4.69, 9.17) is 0 Å². The third-order valence-electron chi connectivity index (χ3n) is 2.46. The molecular weight excluding hydrogens is 166 g/mol. The zero-order valence-corrected chi connectivity index (χ0v) is 8.49. The number of carbonyl (C=O) groups excluding carboxylic acids is 1. The smallest absolute Gasteiger partial charge is 0.219 e. The molecule has 1 aliphatic heterocycles. The molecule has 0 N–H and O–H groups in total. The second-order valence-electron chi connectivity index (χ2n) is 3.39. The summed E-state index contributed by atoms with van der Waals surface area (Å²) in [7, 11) is 1.84. The fraction of sp³-hybridized carbons (Fsp3) is 0.889. The van der Waals surface area contributed by atoms with Crippen molar-refractivity contribution in [3.8, 4) is 0 Å². The normalized spacial score (nSPS) is 19.1. The Morgan fingerprint density at radius 1 is 1.31 bits per heavy atom. The molecule has 1 rings (SSSR count). The van der Waals surface area contributed by atoms with Gasteiger partial charge in [-0.3, -0.25) is 4.79 Å². The van der Waals surface area contributed by atoms with Crippen molar-refractivity contribution in [3.05, 3.63) is 5.32 Å². The number of likely N-dealkylation sites (N-methyl/N-ethyl adjacent to an activating group) is 1. The number of carbonyl (C=O) groups is 1. The number of amides is 1. The van der Waals surface area contributed by atoms with Gasteiger partial charge in [-0.1, -0.05) is 0 Å². The Kier molecular flexibility index (Phi) is 4.18. The maximum Gasteiger partial charge on any atom is 0.219 e. The predicted molar refractivity (Wildman–Crippen MR) is 52.8 cm³/mol. The maximum atomic E-state index is 11.0. The molecule has 4 heteroatoms. The molecule has 0 unspecified atom stereocenters. The molecule has 76 valence electrons. The Morgan fingerprint density at radius 2 is 1.92 bits per heavy atom. The van der Waals surface area contributed by atoms with Gasteiger partial charge in [0.1, 0.15) is 0 Å². The summed E-state index contributed by atoms with van der Waals surface area (Å²) in [6.07, 6.45) is 0. The average Bonchev–Trinajstić information content (AvgIpc) is 2.15.